The van der Waals surface area contributed by atoms with Gasteiger partial charge in [0.15, 0.2) is 8.24 Å². The third kappa shape index (κ3) is 2.52. The highest BCUT2D eigenvalue weighted by Crippen LogP contribution is 2.11. The lowest BCUT2D eigenvalue weighted by molar-refractivity contribution is 1.58. The molecule has 0 fully saturated rings. The Bertz CT molecular complexity index is 437. The fourth-order valence-electron chi connectivity index (χ4n) is 1.81. The molecular formula is C14H17NSi. The summed E-state index contributed by atoms with van der Waals surface area (Å²) < 4.78 is 0. The molecule has 0 heterocycles. The minimum absolute atomic E-state index is 1.21. The predicted molar refractivity (Wildman–Crippen MR) is 73.6 cm³/mol. The first-order valence-corrected chi connectivity index (χ1v) is 8.57. The highest BCUT2D eigenvalue weighted by molar-refractivity contribution is 6.92. The van der Waals surface area contributed by atoms with E-state index in [1.165, 1.54) is 10.9 Å². The first-order valence-electron chi connectivity index (χ1n) is 5.57. The molecule has 82 valence electrons. The normalized spacial score (nSPS) is 11.1. The molecule has 0 unspecified atom stereocenters. The third-order valence-corrected chi connectivity index (χ3v) is 5.42. The molecule has 1 N–H and O–H groups in total. The van der Waals surface area contributed by atoms with Crippen LogP contribution in [0.4, 0.5) is 5.69 Å². The SMILES string of the molecule is C[Si](C)(Nc1ccccc1)c1ccccc1. The smallest absolute Gasteiger partial charge is 0.179 e. The zero-order valence-electron chi connectivity index (χ0n) is 9.77. The van der Waals surface area contributed by atoms with Crippen LogP contribution < -0.4 is 10.2 Å². The summed E-state index contributed by atoms with van der Waals surface area (Å²) in [6, 6.07) is 21.1. The van der Waals surface area contributed by atoms with Gasteiger partial charge in [-0.15, -0.1) is 0 Å². The Morgan fingerprint density at radius 1 is 0.750 bits per heavy atom. The Kier molecular flexibility index (Phi) is 3.11. The summed E-state index contributed by atoms with van der Waals surface area (Å²) in [5.41, 5.74) is 1.21. The standard InChI is InChI=1S/C14H17NSi/c1-16(2,14-11-7-4-8-12-14)15-13-9-5-3-6-10-13/h3-12,15H,1-2H3. The van der Waals surface area contributed by atoms with E-state index in [1.807, 2.05) is 6.07 Å². The lowest BCUT2D eigenvalue weighted by Gasteiger charge is -2.25. The molecule has 1 nitrogen and oxygen atoms in total. The van der Waals surface area contributed by atoms with E-state index in [0.717, 1.165) is 0 Å². The van der Waals surface area contributed by atoms with Gasteiger partial charge in [0.25, 0.3) is 0 Å². The van der Waals surface area contributed by atoms with E-state index in [1.54, 1.807) is 0 Å². The van der Waals surface area contributed by atoms with E-state index in [-0.39, 0.29) is 0 Å². The summed E-state index contributed by atoms with van der Waals surface area (Å²) in [6.45, 7) is 4.66. The van der Waals surface area contributed by atoms with Gasteiger partial charge in [-0.1, -0.05) is 48.5 Å². The number of para-hydroxylation sites is 1. The molecular weight excluding hydrogens is 210 g/mol. The van der Waals surface area contributed by atoms with E-state index in [4.69, 9.17) is 0 Å². The van der Waals surface area contributed by atoms with Crippen molar-refractivity contribution in [2.75, 3.05) is 4.98 Å². The van der Waals surface area contributed by atoms with Gasteiger partial charge in [-0.05, 0) is 30.4 Å². The zero-order valence-corrected chi connectivity index (χ0v) is 10.8. The molecule has 0 saturated heterocycles. The van der Waals surface area contributed by atoms with Gasteiger partial charge in [-0.3, -0.25) is 0 Å². The van der Waals surface area contributed by atoms with Crippen LogP contribution in [-0.4, -0.2) is 8.24 Å². The Hall–Kier alpha value is -1.54. The summed E-state index contributed by atoms with van der Waals surface area (Å²) in [4.78, 5) is 3.67. The van der Waals surface area contributed by atoms with Crippen LogP contribution in [0.15, 0.2) is 60.7 Å². The highest BCUT2D eigenvalue weighted by Gasteiger charge is 2.23. The molecule has 0 radical (unpaired) electrons. The van der Waals surface area contributed by atoms with E-state index in [2.05, 4.69) is 72.7 Å². The summed E-state index contributed by atoms with van der Waals surface area (Å²) in [5.74, 6) is 0. The Morgan fingerprint density at radius 3 is 1.81 bits per heavy atom. The highest BCUT2D eigenvalue weighted by atomic mass is 28.3. The topological polar surface area (TPSA) is 12.0 Å². The van der Waals surface area contributed by atoms with E-state index >= 15 is 0 Å². The monoisotopic (exact) mass is 227 g/mol. The summed E-state index contributed by atoms with van der Waals surface area (Å²) in [5, 5.41) is 1.43. The van der Waals surface area contributed by atoms with Crippen LogP contribution in [0.1, 0.15) is 0 Å². The van der Waals surface area contributed by atoms with Gasteiger partial charge in [0.2, 0.25) is 0 Å². The van der Waals surface area contributed by atoms with Gasteiger partial charge in [-0.2, -0.15) is 0 Å². The molecule has 0 amide bonds. The number of anilines is 1. The Balaban J connectivity index is 2.21. The fraction of sp³-hybridized carbons (Fsp3) is 0.143. The average Bonchev–Trinajstić information content (AvgIpc) is 2.31. The van der Waals surface area contributed by atoms with Crippen LogP contribution in [0.2, 0.25) is 13.1 Å². The number of benzene rings is 2. The van der Waals surface area contributed by atoms with E-state index in [9.17, 15) is 0 Å². The second kappa shape index (κ2) is 4.54. The van der Waals surface area contributed by atoms with E-state index in [0.29, 0.717) is 0 Å². The van der Waals surface area contributed by atoms with Crippen LogP contribution in [0.3, 0.4) is 0 Å². The lowest BCUT2D eigenvalue weighted by Crippen LogP contribution is -2.49. The second-order valence-corrected chi connectivity index (χ2v) is 8.56. The molecule has 0 aliphatic heterocycles. The molecule has 0 aliphatic rings. The van der Waals surface area contributed by atoms with Gasteiger partial charge in [-0.25, -0.2) is 0 Å². The molecule has 0 spiro atoms. The Morgan fingerprint density at radius 2 is 1.25 bits per heavy atom. The van der Waals surface area contributed by atoms with Gasteiger partial charge in [0.05, 0.1) is 0 Å². The number of hydrogen-bond acceptors (Lipinski definition) is 1. The summed E-state index contributed by atoms with van der Waals surface area (Å²) in [6.07, 6.45) is 0. The molecule has 2 aromatic rings. The van der Waals surface area contributed by atoms with Gasteiger partial charge in [0, 0.05) is 5.69 Å². The number of nitrogens with one attached hydrogen (secondary N) is 1. The van der Waals surface area contributed by atoms with Crippen molar-refractivity contribution >= 4 is 19.1 Å². The molecule has 16 heavy (non-hydrogen) atoms. The molecule has 2 rings (SSSR count). The quantitative estimate of drug-likeness (QED) is 0.794. The number of rotatable bonds is 3. The van der Waals surface area contributed by atoms with Crippen molar-refractivity contribution in [1.29, 1.82) is 0 Å². The molecule has 2 aromatic carbocycles. The minimum Gasteiger partial charge on any atom is -0.407 e. The maximum atomic E-state index is 3.67. The Labute approximate surface area is 98.2 Å². The van der Waals surface area contributed by atoms with Crippen LogP contribution in [0.5, 0.6) is 0 Å². The summed E-state index contributed by atoms with van der Waals surface area (Å²) in [7, 11) is -1.57. The molecule has 0 bridgehead atoms. The third-order valence-electron chi connectivity index (χ3n) is 2.73. The fourth-order valence-corrected chi connectivity index (χ4v) is 3.87. The van der Waals surface area contributed by atoms with Crippen molar-refractivity contribution < 1.29 is 0 Å². The minimum atomic E-state index is -1.57. The predicted octanol–water partition coefficient (Wildman–Crippen LogP) is 3.21. The molecule has 2 heteroatoms. The van der Waals surface area contributed by atoms with Gasteiger partial charge in [0.1, 0.15) is 0 Å². The average molecular weight is 227 g/mol. The van der Waals surface area contributed by atoms with Crippen molar-refractivity contribution in [3.63, 3.8) is 0 Å². The van der Waals surface area contributed by atoms with Crippen molar-refractivity contribution in [3.8, 4) is 0 Å². The van der Waals surface area contributed by atoms with Gasteiger partial charge >= 0.3 is 0 Å². The van der Waals surface area contributed by atoms with Crippen molar-refractivity contribution in [2.45, 2.75) is 13.1 Å². The molecule has 0 aromatic heterocycles. The first kappa shape index (κ1) is 11.0. The molecule has 0 saturated carbocycles. The molecule has 0 aliphatic carbocycles. The summed E-state index contributed by atoms with van der Waals surface area (Å²) >= 11 is 0. The van der Waals surface area contributed by atoms with Gasteiger partial charge < -0.3 is 4.98 Å². The van der Waals surface area contributed by atoms with Crippen LogP contribution in [0.25, 0.3) is 0 Å². The lowest BCUT2D eigenvalue weighted by atomic mass is 10.3. The second-order valence-electron chi connectivity index (χ2n) is 4.48. The van der Waals surface area contributed by atoms with E-state index < -0.39 is 8.24 Å². The maximum Gasteiger partial charge on any atom is 0.179 e. The van der Waals surface area contributed by atoms with Crippen LogP contribution >= 0.6 is 0 Å². The van der Waals surface area contributed by atoms with Crippen LogP contribution in [0, 0.1) is 0 Å². The van der Waals surface area contributed by atoms with Crippen LogP contribution in [-0.2, 0) is 0 Å². The van der Waals surface area contributed by atoms with Crippen molar-refractivity contribution in [1.82, 2.24) is 0 Å². The van der Waals surface area contributed by atoms with Crippen molar-refractivity contribution in [3.05, 3.63) is 60.7 Å². The largest absolute Gasteiger partial charge is 0.407 e. The maximum absolute atomic E-state index is 3.67. The number of hydrogen-bond donors (Lipinski definition) is 1. The zero-order chi connectivity index (χ0) is 11.4. The van der Waals surface area contributed by atoms with Crippen molar-refractivity contribution in [2.24, 2.45) is 0 Å². The first-order chi connectivity index (χ1) is 7.68. The molecule has 0 atom stereocenters.